The van der Waals surface area contributed by atoms with Crippen LogP contribution in [0.25, 0.3) is 0 Å². The van der Waals surface area contributed by atoms with Crippen LogP contribution in [0.15, 0.2) is 30.3 Å². The van der Waals surface area contributed by atoms with Crippen molar-refractivity contribution in [3.63, 3.8) is 0 Å². The topological polar surface area (TPSA) is 69.6 Å². The summed E-state index contributed by atoms with van der Waals surface area (Å²) in [6.07, 6.45) is 6.28. The highest BCUT2D eigenvalue weighted by Gasteiger charge is 2.62. The van der Waals surface area contributed by atoms with Gasteiger partial charge < -0.3 is 15.3 Å². The Morgan fingerprint density at radius 2 is 1.82 bits per heavy atom. The third kappa shape index (κ3) is 3.45. The van der Waals surface area contributed by atoms with Crippen molar-refractivity contribution >= 4 is 11.8 Å². The zero-order chi connectivity index (χ0) is 23.5. The van der Waals surface area contributed by atoms with Crippen LogP contribution in [0.1, 0.15) is 77.4 Å². The molecule has 3 saturated carbocycles. The minimum absolute atomic E-state index is 0.0617. The lowest BCUT2D eigenvalue weighted by Crippen LogP contribution is -2.62. The molecule has 1 heterocycles. The molecule has 5 nitrogen and oxygen atoms in total. The Kier molecular flexibility index (Phi) is 5.63. The Bertz CT molecular complexity index is 919. The van der Waals surface area contributed by atoms with Crippen molar-refractivity contribution in [3.05, 3.63) is 35.9 Å². The molecule has 1 aliphatic heterocycles. The first-order valence-corrected chi connectivity index (χ1v) is 13.0. The molecule has 180 valence electrons. The van der Waals surface area contributed by atoms with E-state index in [2.05, 4.69) is 31.0 Å². The predicted octanol–water partition coefficient (Wildman–Crippen LogP) is 4.31. The van der Waals surface area contributed by atoms with Crippen LogP contribution in [0, 0.1) is 34.5 Å². The van der Waals surface area contributed by atoms with Gasteiger partial charge in [-0.05, 0) is 78.6 Å². The molecular weight excluding hydrogens is 412 g/mol. The quantitative estimate of drug-likeness (QED) is 0.718. The maximum absolute atomic E-state index is 13.1. The van der Waals surface area contributed by atoms with Gasteiger partial charge in [-0.25, -0.2) is 0 Å². The number of fused-ring (bicyclic) bond motifs is 5. The van der Waals surface area contributed by atoms with Crippen LogP contribution in [0.5, 0.6) is 0 Å². The molecule has 1 aromatic rings. The highest BCUT2D eigenvalue weighted by molar-refractivity contribution is 5.82. The Labute approximate surface area is 198 Å². The first-order valence-electron chi connectivity index (χ1n) is 13.0. The number of carbonyl (C=O) groups is 2. The van der Waals surface area contributed by atoms with E-state index in [4.69, 9.17) is 0 Å². The largest absolute Gasteiger partial charge is 0.378 e. The normalized spacial score (nSPS) is 43.3. The van der Waals surface area contributed by atoms with Gasteiger partial charge in [-0.1, -0.05) is 51.1 Å². The number of aliphatic hydroxyl groups excluding tert-OH is 1. The second kappa shape index (κ2) is 8.11. The highest BCUT2D eigenvalue weighted by Crippen LogP contribution is 2.65. The average Bonchev–Trinajstić information content (AvgIpc) is 3.06. The van der Waals surface area contributed by atoms with E-state index < -0.39 is 6.10 Å². The number of nitrogens with zero attached hydrogens (tertiary/aromatic N) is 1. The molecule has 0 radical (unpaired) electrons. The summed E-state index contributed by atoms with van der Waals surface area (Å²) in [6.45, 7) is 7.12. The van der Waals surface area contributed by atoms with E-state index in [1.54, 1.807) is 0 Å². The fourth-order valence-electron chi connectivity index (χ4n) is 8.84. The Morgan fingerprint density at radius 3 is 2.55 bits per heavy atom. The number of hydrogen-bond donors (Lipinski definition) is 2. The smallest absolute Gasteiger partial charge is 0.253 e. The predicted molar refractivity (Wildman–Crippen MR) is 128 cm³/mol. The van der Waals surface area contributed by atoms with Gasteiger partial charge >= 0.3 is 0 Å². The molecule has 5 heteroatoms. The fraction of sp³-hybridized carbons (Fsp3) is 0.714. The summed E-state index contributed by atoms with van der Waals surface area (Å²) in [6, 6.07) is 9.69. The number of nitrogens with one attached hydrogen (secondary N) is 1. The number of amides is 2. The number of aliphatic hydroxyl groups is 1. The zero-order valence-electron chi connectivity index (χ0n) is 20.6. The van der Waals surface area contributed by atoms with Crippen LogP contribution in [0.3, 0.4) is 0 Å². The maximum Gasteiger partial charge on any atom is 0.253 e. The van der Waals surface area contributed by atoms with Gasteiger partial charge in [-0.3, -0.25) is 9.59 Å². The molecule has 0 unspecified atom stereocenters. The molecule has 33 heavy (non-hydrogen) atoms. The molecular formula is C28H40N2O3. The number of benzene rings is 1. The van der Waals surface area contributed by atoms with Crippen LogP contribution in [-0.2, 0) is 9.59 Å². The number of hydrogen-bond acceptors (Lipinski definition) is 3. The summed E-state index contributed by atoms with van der Waals surface area (Å²) in [5.74, 6) is 2.34. The number of rotatable bonds is 3. The van der Waals surface area contributed by atoms with Crippen LogP contribution in [0.2, 0.25) is 0 Å². The zero-order valence-corrected chi connectivity index (χ0v) is 20.6. The van der Waals surface area contributed by atoms with Gasteiger partial charge in [0.1, 0.15) is 0 Å². The SMILES string of the molecule is C[C@H]1C[C@H]2[C@@H]3CC[C@H]4N(C)C(=O)CC[C@]4(C)[C@H]3CC[C@]2(C)[C@H]1NC(=O)[C@H](O)c1ccccc1. The molecule has 0 bridgehead atoms. The van der Waals surface area contributed by atoms with Crippen LogP contribution < -0.4 is 5.32 Å². The van der Waals surface area contributed by atoms with Gasteiger partial charge in [0.25, 0.3) is 5.91 Å². The lowest BCUT2D eigenvalue weighted by molar-refractivity contribution is -0.157. The summed E-state index contributed by atoms with van der Waals surface area (Å²) in [4.78, 5) is 27.5. The van der Waals surface area contributed by atoms with Gasteiger partial charge in [0.15, 0.2) is 6.10 Å². The van der Waals surface area contributed by atoms with Crippen molar-refractivity contribution in [3.8, 4) is 0 Å². The molecule has 9 atom stereocenters. The van der Waals surface area contributed by atoms with Crippen LogP contribution in [0.4, 0.5) is 0 Å². The van der Waals surface area contributed by atoms with E-state index in [9.17, 15) is 14.7 Å². The Balaban J connectivity index is 1.35. The van der Waals surface area contributed by atoms with Gasteiger partial charge in [-0.15, -0.1) is 0 Å². The van der Waals surface area contributed by atoms with E-state index >= 15 is 0 Å². The van der Waals surface area contributed by atoms with E-state index in [0.29, 0.717) is 47.6 Å². The van der Waals surface area contributed by atoms with Crippen molar-refractivity contribution < 1.29 is 14.7 Å². The fourth-order valence-corrected chi connectivity index (χ4v) is 8.84. The highest BCUT2D eigenvalue weighted by atomic mass is 16.3. The molecule has 1 saturated heterocycles. The molecule has 5 rings (SSSR count). The summed E-state index contributed by atoms with van der Waals surface area (Å²) in [7, 11) is 2.01. The summed E-state index contributed by atoms with van der Waals surface area (Å²) in [5, 5.41) is 14.0. The number of likely N-dealkylation sites (tertiary alicyclic amines) is 1. The average molecular weight is 453 g/mol. The second-order valence-corrected chi connectivity index (χ2v) is 12.0. The van der Waals surface area contributed by atoms with E-state index in [1.807, 2.05) is 37.4 Å². The molecule has 4 fully saturated rings. The molecule has 3 aliphatic carbocycles. The molecule has 4 aliphatic rings. The lowest BCUT2D eigenvalue weighted by Gasteiger charge is -2.61. The first kappa shape index (κ1) is 22.9. The van der Waals surface area contributed by atoms with Crippen LogP contribution in [-0.4, -0.2) is 41.0 Å². The molecule has 1 aromatic carbocycles. The minimum Gasteiger partial charge on any atom is -0.378 e. The lowest BCUT2D eigenvalue weighted by atomic mass is 9.47. The van der Waals surface area contributed by atoms with E-state index in [1.165, 1.54) is 12.8 Å². The first-order chi connectivity index (χ1) is 15.7. The monoisotopic (exact) mass is 452 g/mol. The van der Waals surface area contributed by atoms with E-state index in [0.717, 1.165) is 25.7 Å². The summed E-state index contributed by atoms with van der Waals surface area (Å²) in [5.41, 5.74) is 0.918. The molecule has 0 aromatic heterocycles. The second-order valence-electron chi connectivity index (χ2n) is 12.0. The number of carbonyl (C=O) groups excluding carboxylic acids is 2. The Morgan fingerprint density at radius 1 is 1.09 bits per heavy atom. The molecule has 2 N–H and O–H groups in total. The molecule has 2 amide bonds. The summed E-state index contributed by atoms with van der Waals surface area (Å²) < 4.78 is 0. The van der Waals surface area contributed by atoms with Gasteiger partial charge in [0.2, 0.25) is 5.91 Å². The number of piperidine rings is 1. The van der Waals surface area contributed by atoms with Crippen molar-refractivity contribution in [2.45, 2.75) is 83.9 Å². The van der Waals surface area contributed by atoms with Gasteiger partial charge in [0.05, 0.1) is 0 Å². The summed E-state index contributed by atoms with van der Waals surface area (Å²) >= 11 is 0. The Hall–Kier alpha value is -1.88. The minimum atomic E-state index is -1.12. The van der Waals surface area contributed by atoms with Crippen molar-refractivity contribution in [1.82, 2.24) is 10.2 Å². The third-order valence-electron chi connectivity index (χ3n) is 10.6. The molecule has 0 spiro atoms. The van der Waals surface area contributed by atoms with Gasteiger partial charge in [0, 0.05) is 25.6 Å². The maximum atomic E-state index is 13.1. The van der Waals surface area contributed by atoms with Gasteiger partial charge in [-0.2, -0.15) is 0 Å². The van der Waals surface area contributed by atoms with Crippen molar-refractivity contribution in [2.24, 2.45) is 34.5 Å². The van der Waals surface area contributed by atoms with Crippen molar-refractivity contribution in [1.29, 1.82) is 0 Å². The van der Waals surface area contributed by atoms with Crippen molar-refractivity contribution in [2.75, 3.05) is 7.05 Å². The standard InChI is InChI=1S/C28H40N2O3/c1-17-16-21-19-10-11-22-27(2,15-13-23(31)30(22)4)20(19)12-14-28(21,3)25(17)29-26(33)24(32)18-8-6-5-7-9-18/h5-9,17,19-22,24-25,32H,10-16H2,1-4H3,(H,29,33)/t17-,19+,20-,21-,22+,24+,25-,27+,28-/m0/s1. The van der Waals surface area contributed by atoms with E-state index in [-0.39, 0.29) is 22.8 Å². The third-order valence-corrected chi connectivity index (χ3v) is 10.6. The van der Waals surface area contributed by atoms with Crippen LogP contribution >= 0.6 is 0 Å².